The van der Waals surface area contributed by atoms with E-state index in [-0.39, 0.29) is 0 Å². The van der Waals surface area contributed by atoms with Crippen molar-refractivity contribution in [3.63, 3.8) is 0 Å². The highest BCUT2D eigenvalue weighted by atomic mass is 32.1. The van der Waals surface area contributed by atoms with Crippen molar-refractivity contribution in [1.82, 2.24) is 0 Å². The predicted molar refractivity (Wildman–Crippen MR) is 78.7 cm³/mol. The van der Waals surface area contributed by atoms with Crippen molar-refractivity contribution < 1.29 is 0 Å². The summed E-state index contributed by atoms with van der Waals surface area (Å²) < 4.78 is 0. The lowest BCUT2D eigenvalue weighted by Crippen LogP contribution is -1.94. The van der Waals surface area contributed by atoms with Crippen LogP contribution in [0.15, 0.2) is 42.5 Å². The average Bonchev–Trinajstić information content (AvgIpc) is 2.29. The number of hydrogen-bond donors (Lipinski definition) is 0. The van der Waals surface area contributed by atoms with E-state index in [9.17, 15) is 0 Å². The van der Waals surface area contributed by atoms with Crippen LogP contribution < -0.4 is 0 Å². The van der Waals surface area contributed by atoms with E-state index in [1.807, 2.05) is 6.92 Å². The van der Waals surface area contributed by atoms with E-state index in [2.05, 4.69) is 56.3 Å². The van der Waals surface area contributed by atoms with Crippen LogP contribution in [0.25, 0.3) is 11.1 Å². The molecule has 0 spiro atoms. The maximum Gasteiger partial charge on any atom is 0.0196 e. The molecule has 1 heteroatoms. The molecule has 17 heavy (non-hydrogen) atoms. The van der Waals surface area contributed by atoms with Gasteiger partial charge in [-0.15, -0.1) is 0 Å². The molecular formula is C16H16S. The summed E-state index contributed by atoms with van der Waals surface area (Å²) >= 11 is 5.23. The standard InChI is InChI=1S/C16H16S/c1-11-4-6-14(7-5-11)15-8-9-16(13(3)17)12(2)10-15/h4-10H,1-3H3. The van der Waals surface area contributed by atoms with E-state index in [4.69, 9.17) is 12.2 Å². The van der Waals surface area contributed by atoms with Gasteiger partial charge in [-0.25, -0.2) is 0 Å². The van der Waals surface area contributed by atoms with Crippen molar-refractivity contribution in [2.24, 2.45) is 0 Å². The summed E-state index contributed by atoms with van der Waals surface area (Å²) in [5, 5.41) is 0. The molecule has 0 radical (unpaired) electrons. The van der Waals surface area contributed by atoms with Gasteiger partial charge < -0.3 is 0 Å². The summed E-state index contributed by atoms with van der Waals surface area (Å²) in [5.74, 6) is 0. The Bertz CT molecular complexity index is 550. The molecule has 86 valence electrons. The molecule has 2 aromatic carbocycles. The lowest BCUT2D eigenvalue weighted by molar-refractivity contribution is 1.43. The quantitative estimate of drug-likeness (QED) is 0.541. The van der Waals surface area contributed by atoms with Crippen LogP contribution in [0.4, 0.5) is 0 Å². The molecular weight excluding hydrogens is 224 g/mol. The molecule has 0 heterocycles. The van der Waals surface area contributed by atoms with Crippen LogP contribution in [0, 0.1) is 13.8 Å². The maximum atomic E-state index is 5.23. The Kier molecular flexibility index (Phi) is 3.39. The minimum Gasteiger partial charge on any atom is -0.0846 e. The molecule has 0 atom stereocenters. The lowest BCUT2D eigenvalue weighted by Gasteiger charge is -2.08. The second-order valence-electron chi connectivity index (χ2n) is 4.45. The second-order valence-corrected chi connectivity index (χ2v) is 5.06. The van der Waals surface area contributed by atoms with Crippen molar-refractivity contribution in [2.45, 2.75) is 20.8 Å². The Balaban J connectivity index is 2.44. The third-order valence-electron chi connectivity index (χ3n) is 2.99. The maximum absolute atomic E-state index is 5.23. The molecule has 0 aliphatic carbocycles. The molecule has 0 amide bonds. The first kappa shape index (κ1) is 12.0. The van der Waals surface area contributed by atoms with Crippen LogP contribution in [0.2, 0.25) is 0 Å². The van der Waals surface area contributed by atoms with Gasteiger partial charge in [0.15, 0.2) is 0 Å². The van der Waals surface area contributed by atoms with Gasteiger partial charge in [0.2, 0.25) is 0 Å². The Morgan fingerprint density at radius 2 is 1.47 bits per heavy atom. The average molecular weight is 240 g/mol. The largest absolute Gasteiger partial charge is 0.0846 e. The zero-order valence-corrected chi connectivity index (χ0v) is 11.3. The highest BCUT2D eigenvalue weighted by Crippen LogP contribution is 2.23. The summed E-state index contributed by atoms with van der Waals surface area (Å²) in [7, 11) is 0. The Morgan fingerprint density at radius 3 is 2.00 bits per heavy atom. The van der Waals surface area contributed by atoms with Gasteiger partial charge in [0.05, 0.1) is 0 Å². The smallest absolute Gasteiger partial charge is 0.0196 e. The zero-order valence-electron chi connectivity index (χ0n) is 10.4. The normalized spacial score (nSPS) is 10.3. The summed E-state index contributed by atoms with van der Waals surface area (Å²) in [5.41, 5.74) is 6.22. The molecule has 0 bridgehead atoms. The van der Waals surface area contributed by atoms with Crippen molar-refractivity contribution in [2.75, 3.05) is 0 Å². The minimum absolute atomic E-state index is 0.956. The van der Waals surface area contributed by atoms with Gasteiger partial charge in [0, 0.05) is 4.86 Å². The van der Waals surface area contributed by atoms with Crippen LogP contribution in [0.1, 0.15) is 23.6 Å². The van der Waals surface area contributed by atoms with Crippen LogP contribution in [0.5, 0.6) is 0 Å². The van der Waals surface area contributed by atoms with Crippen molar-refractivity contribution >= 4 is 17.1 Å². The van der Waals surface area contributed by atoms with Crippen molar-refractivity contribution in [3.05, 3.63) is 59.2 Å². The Labute approximate surface area is 108 Å². The number of aryl methyl sites for hydroxylation is 2. The third-order valence-corrected chi connectivity index (χ3v) is 3.21. The summed E-state index contributed by atoms with van der Waals surface area (Å²) in [6.07, 6.45) is 0. The first-order valence-corrected chi connectivity index (χ1v) is 6.17. The highest BCUT2D eigenvalue weighted by molar-refractivity contribution is 7.80. The van der Waals surface area contributed by atoms with E-state index in [1.54, 1.807) is 0 Å². The summed E-state index contributed by atoms with van der Waals surface area (Å²) in [6, 6.07) is 15.1. The molecule has 2 aromatic rings. The fourth-order valence-electron chi connectivity index (χ4n) is 1.98. The monoisotopic (exact) mass is 240 g/mol. The topological polar surface area (TPSA) is 0 Å². The van der Waals surface area contributed by atoms with Gasteiger partial charge in [-0.1, -0.05) is 60.2 Å². The van der Waals surface area contributed by atoms with E-state index in [0.29, 0.717) is 0 Å². The van der Waals surface area contributed by atoms with Gasteiger partial charge in [-0.3, -0.25) is 0 Å². The number of hydrogen-bond acceptors (Lipinski definition) is 1. The van der Waals surface area contributed by atoms with E-state index in [0.717, 1.165) is 4.86 Å². The first-order valence-electron chi connectivity index (χ1n) is 5.76. The molecule has 0 aliphatic rings. The van der Waals surface area contributed by atoms with Gasteiger partial charge in [-0.2, -0.15) is 0 Å². The molecule has 0 saturated heterocycles. The molecule has 0 N–H and O–H groups in total. The molecule has 0 aliphatic heterocycles. The van der Waals surface area contributed by atoms with Crippen LogP contribution >= 0.6 is 12.2 Å². The van der Waals surface area contributed by atoms with Gasteiger partial charge in [0.1, 0.15) is 0 Å². The Morgan fingerprint density at radius 1 is 0.882 bits per heavy atom. The molecule has 0 unspecified atom stereocenters. The fourth-order valence-corrected chi connectivity index (χ4v) is 2.21. The predicted octanol–water partition coefficient (Wildman–Crippen LogP) is 4.71. The van der Waals surface area contributed by atoms with Crippen molar-refractivity contribution in [3.8, 4) is 11.1 Å². The van der Waals surface area contributed by atoms with E-state index >= 15 is 0 Å². The molecule has 0 nitrogen and oxygen atoms in total. The van der Waals surface area contributed by atoms with Gasteiger partial charge in [0.25, 0.3) is 0 Å². The lowest BCUT2D eigenvalue weighted by atomic mass is 9.98. The molecule has 0 aromatic heterocycles. The van der Waals surface area contributed by atoms with Gasteiger partial charge >= 0.3 is 0 Å². The SMILES string of the molecule is CC(=S)c1ccc(-c2ccc(C)cc2)cc1C. The number of benzene rings is 2. The molecule has 0 fully saturated rings. The Hall–Kier alpha value is -1.47. The zero-order chi connectivity index (χ0) is 12.4. The fraction of sp³-hybridized carbons (Fsp3) is 0.188. The highest BCUT2D eigenvalue weighted by Gasteiger charge is 2.03. The third kappa shape index (κ3) is 2.62. The van der Waals surface area contributed by atoms with Crippen LogP contribution in [0.3, 0.4) is 0 Å². The van der Waals surface area contributed by atoms with E-state index in [1.165, 1.54) is 27.8 Å². The first-order chi connectivity index (χ1) is 8.08. The van der Waals surface area contributed by atoms with Gasteiger partial charge in [-0.05, 0) is 43.0 Å². The summed E-state index contributed by atoms with van der Waals surface area (Å²) in [6.45, 7) is 6.19. The molecule has 2 rings (SSSR count). The van der Waals surface area contributed by atoms with E-state index < -0.39 is 0 Å². The number of rotatable bonds is 2. The molecule has 0 saturated carbocycles. The van der Waals surface area contributed by atoms with Crippen LogP contribution in [-0.4, -0.2) is 4.86 Å². The van der Waals surface area contributed by atoms with Crippen molar-refractivity contribution in [1.29, 1.82) is 0 Å². The summed E-state index contributed by atoms with van der Waals surface area (Å²) in [4.78, 5) is 0.956. The van der Waals surface area contributed by atoms with Crippen LogP contribution in [-0.2, 0) is 0 Å². The number of thiocarbonyl (C=S) groups is 1. The second kappa shape index (κ2) is 4.80. The minimum atomic E-state index is 0.956.